The van der Waals surface area contributed by atoms with Crippen LogP contribution >= 0.6 is 0 Å². The van der Waals surface area contributed by atoms with E-state index in [1.807, 2.05) is 35.0 Å². The van der Waals surface area contributed by atoms with Gasteiger partial charge in [-0.15, -0.1) is 0 Å². The molecule has 0 aliphatic carbocycles. The minimum absolute atomic E-state index is 0.309. The highest BCUT2D eigenvalue weighted by Gasteiger charge is 2.11. The maximum Gasteiger partial charge on any atom is 0.132 e. The average molecular weight is 397 g/mol. The third-order valence-electron chi connectivity index (χ3n) is 4.90. The van der Waals surface area contributed by atoms with E-state index >= 15 is 0 Å². The molecule has 0 amide bonds. The van der Waals surface area contributed by atoms with Crippen LogP contribution in [0, 0.1) is 17.1 Å². The smallest absolute Gasteiger partial charge is 0.132 e. The largest absolute Gasteiger partial charge is 0.332 e. The molecule has 0 spiro atoms. The lowest BCUT2D eigenvalue weighted by molar-refractivity contribution is 0.631. The summed E-state index contributed by atoms with van der Waals surface area (Å²) in [6, 6.07) is 18.3. The van der Waals surface area contributed by atoms with Crippen molar-refractivity contribution in [2.24, 2.45) is 5.73 Å². The first kappa shape index (κ1) is 19.5. The molecule has 0 atom stereocenters. The Morgan fingerprint density at radius 3 is 2.60 bits per heavy atom. The van der Waals surface area contributed by atoms with Crippen LogP contribution in [0.2, 0.25) is 0 Å². The lowest BCUT2D eigenvalue weighted by Gasteiger charge is -2.11. The second-order valence-corrected chi connectivity index (χ2v) is 6.99. The van der Waals surface area contributed by atoms with E-state index < -0.39 is 0 Å². The van der Waals surface area contributed by atoms with Crippen molar-refractivity contribution < 1.29 is 4.39 Å². The highest BCUT2D eigenvalue weighted by Crippen LogP contribution is 2.26. The maximum atomic E-state index is 14.1. The molecule has 4 rings (SSSR count). The number of aromatic nitrogens is 3. The Labute approximate surface area is 174 Å². The third kappa shape index (κ3) is 4.12. The van der Waals surface area contributed by atoms with Crippen LogP contribution in [0.5, 0.6) is 0 Å². The van der Waals surface area contributed by atoms with Crippen molar-refractivity contribution in [3.05, 3.63) is 95.8 Å². The number of imidazole rings is 1. The number of pyridine rings is 1. The van der Waals surface area contributed by atoms with Gasteiger partial charge in [-0.25, -0.2) is 9.37 Å². The topological polar surface area (TPSA) is 80.5 Å². The van der Waals surface area contributed by atoms with Crippen molar-refractivity contribution in [1.82, 2.24) is 14.5 Å². The number of nitriles is 1. The number of halogens is 1. The molecule has 0 saturated carbocycles. The van der Waals surface area contributed by atoms with Gasteiger partial charge in [-0.1, -0.05) is 24.3 Å². The Bertz CT molecular complexity index is 1210. The van der Waals surface area contributed by atoms with Crippen molar-refractivity contribution in [2.45, 2.75) is 13.0 Å². The summed E-state index contributed by atoms with van der Waals surface area (Å²) in [5.74, 6) is -0.309. The number of nitrogens with two attached hydrogens (primary N) is 1. The van der Waals surface area contributed by atoms with E-state index in [4.69, 9.17) is 5.73 Å². The van der Waals surface area contributed by atoms with Crippen molar-refractivity contribution >= 4 is 0 Å². The van der Waals surface area contributed by atoms with E-state index in [0.717, 1.165) is 28.8 Å². The lowest BCUT2D eigenvalue weighted by atomic mass is 10.0. The predicted octanol–water partition coefficient (Wildman–Crippen LogP) is 4.17. The molecule has 0 fully saturated rings. The van der Waals surface area contributed by atoms with Crippen LogP contribution in [0.15, 0.2) is 73.3 Å². The normalized spacial score (nSPS) is 10.7. The molecule has 0 bridgehead atoms. The summed E-state index contributed by atoms with van der Waals surface area (Å²) in [6.07, 6.45) is 6.08. The molecule has 0 unspecified atom stereocenters. The van der Waals surface area contributed by atoms with E-state index in [2.05, 4.69) is 16.0 Å². The molecule has 6 heteroatoms. The van der Waals surface area contributed by atoms with Crippen LogP contribution < -0.4 is 5.73 Å². The molecular formula is C24H20FN5. The molecule has 4 aromatic rings. The Hall–Kier alpha value is -3.82. The lowest BCUT2D eigenvalue weighted by Crippen LogP contribution is -2.03. The van der Waals surface area contributed by atoms with E-state index in [1.54, 1.807) is 36.8 Å². The van der Waals surface area contributed by atoms with Gasteiger partial charge in [0.1, 0.15) is 5.82 Å². The fourth-order valence-corrected chi connectivity index (χ4v) is 3.39. The molecule has 30 heavy (non-hydrogen) atoms. The van der Waals surface area contributed by atoms with Crippen LogP contribution in [0.25, 0.3) is 22.5 Å². The molecule has 2 aromatic carbocycles. The van der Waals surface area contributed by atoms with E-state index in [0.29, 0.717) is 29.9 Å². The van der Waals surface area contributed by atoms with Gasteiger partial charge in [-0.05, 0) is 54.4 Å². The quantitative estimate of drug-likeness (QED) is 0.529. The monoisotopic (exact) mass is 397 g/mol. The summed E-state index contributed by atoms with van der Waals surface area (Å²) in [7, 11) is 0. The molecule has 148 valence electrons. The molecule has 5 nitrogen and oxygen atoms in total. The van der Waals surface area contributed by atoms with Crippen molar-refractivity contribution in [3.63, 3.8) is 0 Å². The molecule has 2 aromatic heterocycles. The summed E-state index contributed by atoms with van der Waals surface area (Å²) in [5, 5.41) is 9.33. The van der Waals surface area contributed by atoms with Crippen molar-refractivity contribution in [2.75, 3.05) is 6.54 Å². The Morgan fingerprint density at radius 2 is 1.87 bits per heavy atom. The van der Waals surface area contributed by atoms with Gasteiger partial charge >= 0.3 is 0 Å². The first-order chi connectivity index (χ1) is 14.7. The maximum absolute atomic E-state index is 14.1. The Morgan fingerprint density at radius 1 is 1.00 bits per heavy atom. The van der Waals surface area contributed by atoms with Crippen LogP contribution in [-0.4, -0.2) is 21.1 Å². The van der Waals surface area contributed by atoms with Crippen LogP contribution in [0.3, 0.4) is 0 Å². The van der Waals surface area contributed by atoms with Gasteiger partial charge in [-0.2, -0.15) is 5.26 Å². The fourth-order valence-electron chi connectivity index (χ4n) is 3.39. The molecule has 2 heterocycles. The van der Waals surface area contributed by atoms with Crippen LogP contribution in [-0.2, 0) is 13.0 Å². The summed E-state index contributed by atoms with van der Waals surface area (Å²) >= 11 is 0. The predicted molar refractivity (Wildman–Crippen MR) is 114 cm³/mol. The Kier molecular flexibility index (Phi) is 5.64. The van der Waals surface area contributed by atoms with Gasteiger partial charge in [0.2, 0.25) is 0 Å². The molecule has 0 radical (unpaired) electrons. The number of hydrogen-bond donors (Lipinski definition) is 1. The van der Waals surface area contributed by atoms with Gasteiger partial charge in [0.05, 0.1) is 29.3 Å². The first-order valence-corrected chi connectivity index (χ1v) is 9.63. The number of nitrogens with zero attached hydrogens (tertiary/aromatic N) is 4. The number of benzene rings is 2. The highest BCUT2D eigenvalue weighted by atomic mass is 19.1. The van der Waals surface area contributed by atoms with E-state index in [-0.39, 0.29) is 5.82 Å². The van der Waals surface area contributed by atoms with Crippen LogP contribution in [0.4, 0.5) is 4.39 Å². The minimum Gasteiger partial charge on any atom is -0.332 e. The van der Waals surface area contributed by atoms with Gasteiger partial charge in [0.25, 0.3) is 0 Å². The van der Waals surface area contributed by atoms with Crippen LogP contribution in [0.1, 0.15) is 16.7 Å². The summed E-state index contributed by atoms with van der Waals surface area (Å²) in [6.45, 7) is 1.06. The number of hydrogen-bond acceptors (Lipinski definition) is 4. The van der Waals surface area contributed by atoms with E-state index in [9.17, 15) is 9.65 Å². The average Bonchev–Trinajstić information content (AvgIpc) is 3.23. The standard InChI is InChI=1S/C24H20FN5/c25-22-4-2-1-3-21(22)24-15-30(16-29-24)14-19-11-18(12-27)5-7-20(19)23-8-6-17(9-10-26)13-28-23/h1-8,11,13,15-16H,9-10,14,26H2. The Balaban J connectivity index is 1.67. The molecule has 0 aliphatic heterocycles. The SMILES string of the molecule is N#Cc1ccc(-c2ccc(CCN)cn2)c(Cn2cnc(-c3ccccc3F)c2)c1. The zero-order valence-electron chi connectivity index (χ0n) is 16.3. The second-order valence-electron chi connectivity index (χ2n) is 6.99. The summed E-state index contributed by atoms with van der Waals surface area (Å²) < 4.78 is 16.0. The molecule has 2 N–H and O–H groups in total. The zero-order chi connectivity index (χ0) is 20.9. The highest BCUT2D eigenvalue weighted by molar-refractivity contribution is 5.65. The first-order valence-electron chi connectivity index (χ1n) is 9.63. The number of rotatable bonds is 6. The summed E-state index contributed by atoms with van der Waals surface area (Å²) in [4.78, 5) is 8.93. The van der Waals surface area contributed by atoms with Gasteiger partial charge in [0.15, 0.2) is 0 Å². The molecule has 0 saturated heterocycles. The minimum atomic E-state index is -0.309. The third-order valence-corrected chi connectivity index (χ3v) is 4.90. The second kappa shape index (κ2) is 8.68. The van der Waals surface area contributed by atoms with Crippen molar-refractivity contribution in [1.29, 1.82) is 5.26 Å². The molecular weight excluding hydrogens is 377 g/mol. The van der Waals surface area contributed by atoms with Gasteiger partial charge in [-0.3, -0.25) is 4.98 Å². The zero-order valence-corrected chi connectivity index (χ0v) is 16.3. The van der Waals surface area contributed by atoms with Gasteiger partial charge in [0, 0.05) is 30.1 Å². The summed E-state index contributed by atoms with van der Waals surface area (Å²) in [5.41, 5.74) is 11.0. The van der Waals surface area contributed by atoms with Gasteiger partial charge < -0.3 is 10.3 Å². The van der Waals surface area contributed by atoms with E-state index in [1.165, 1.54) is 6.07 Å². The fraction of sp³-hybridized carbons (Fsp3) is 0.125. The molecule has 0 aliphatic rings. The van der Waals surface area contributed by atoms with Crippen molar-refractivity contribution in [3.8, 4) is 28.6 Å².